The highest BCUT2D eigenvalue weighted by molar-refractivity contribution is 5.98. The summed E-state index contributed by atoms with van der Waals surface area (Å²) in [4.78, 5) is 20.7. The number of hydrogen-bond donors (Lipinski definition) is 1. The molecule has 0 aliphatic carbocycles. The van der Waals surface area contributed by atoms with E-state index in [-0.39, 0.29) is 5.91 Å². The molecular formula is C22H32N6O2. The van der Waals surface area contributed by atoms with Gasteiger partial charge in [-0.25, -0.2) is 0 Å². The zero-order valence-electron chi connectivity index (χ0n) is 18.3. The molecule has 0 bridgehead atoms. The highest BCUT2D eigenvalue weighted by Crippen LogP contribution is 2.16. The summed E-state index contributed by atoms with van der Waals surface area (Å²) in [5.74, 6) is 2.22. The van der Waals surface area contributed by atoms with Crippen molar-refractivity contribution in [1.29, 1.82) is 0 Å². The van der Waals surface area contributed by atoms with E-state index in [4.69, 9.17) is 4.74 Å². The van der Waals surface area contributed by atoms with Gasteiger partial charge in [0.15, 0.2) is 5.96 Å². The third kappa shape index (κ3) is 5.75. The van der Waals surface area contributed by atoms with Crippen molar-refractivity contribution < 1.29 is 9.53 Å². The van der Waals surface area contributed by atoms with Gasteiger partial charge in [0, 0.05) is 39.9 Å². The van der Waals surface area contributed by atoms with Crippen LogP contribution < -0.4 is 15.0 Å². The first kappa shape index (κ1) is 21.7. The quantitative estimate of drug-likeness (QED) is 0.556. The van der Waals surface area contributed by atoms with E-state index in [9.17, 15) is 4.79 Å². The average molecular weight is 413 g/mol. The molecule has 1 N–H and O–H groups in total. The summed E-state index contributed by atoms with van der Waals surface area (Å²) in [5, 5.41) is 7.53. The van der Waals surface area contributed by atoms with Crippen molar-refractivity contribution in [3.63, 3.8) is 0 Å². The number of rotatable bonds is 7. The molecule has 3 rings (SSSR count). The molecule has 0 unspecified atom stereocenters. The average Bonchev–Trinajstić information content (AvgIpc) is 3.16. The molecule has 1 aromatic heterocycles. The van der Waals surface area contributed by atoms with Crippen LogP contribution in [-0.2, 0) is 18.3 Å². The fourth-order valence-electron chi connectivity index (χ4n) is 3.34. The molecule has 0 atom stereocenters. The van der Waals surface area contributed by atoms with E-state index in [0.29, 0.717) is 19.0 Å². The van der Waals surface area contributed by atoms with Gasteiger partial charge in [0.05, 0.1) is 18.5 Å². The number of hydrogen-bond acceptors (Lipinski definition) is 4. The molecule has 2 aromatic rings. The van der Waals surface area contributed by atoms with E-state index in [1.807, 2.05) is 30.3 Å². The lowest BCUT2D eigenvalue weighted by molar-refractivity contribution is -0.120. The SMILES string of the molecule is CN=C(NCCc1ccc(OCC(C)C)cc1)N1CCN(c2cnn(C)c2)C(=O)C1. The molecule has 1 aliphatic rings. The second-order valence-electron chi connectivity index (χ2n) is 7.91. The summed E-state index contributed by atoms with van der Waals surface area (Å²) in [6, 6.07) is 8.22. The third-order valence-electron chi connectivity index (χ3n) is 4.94. The molecule has 1 aromatic carbocycles. The third-order valence-corrected chi connectivity index (χ3v) is 4.94. The largest absolute Gasteiger partial charge is 0.493 e. The molecule has 0 radical (unpaired) electrons. The number of benzene rings is 1. The van der Waals surface area contributed by atoms with Gasteiger partial charge < -0.3 is 19.9 Å². The van der Waals surface area contributed by atoms with Crippen molar-refractivity contribution in [3.8, 4) is 5.75 Å². The van der Waals surface area contributed by atoms with Gasteiger partial charge in [0.2, 0.25) is 5.91 Å². The summed E-state index contributed by atoms with van der Waals surface area (Å²) in [5.41, 5.74) is 2.07. The van der Waals surface area contributed by atoms with Crippen molar-refractivity contribution in [3.05, 3.63) is 42.2 Å². The number of amides is 1. The molecule has 1 amide bonds. The maximum atomic E-state index is 12.6. The van der Waals surface area contributed by atoms with Crippen LogP contribution in [0.3, 0.4) is 0 Å². The number of nitrogens with zero attached hydrogens (tertiary/aromatic N) is 5. The van der Waals surface area contributed by atoms with Crippen LogP contribution >= 0.6 is 0 Å². The Hall–Kier alpha value is -3.03. The van der Waals surface area contributed by atoms with E-state index in [1.54, 1.807) is 22.8 Å². The Labute approximate surface area is 178 Å². The zero-order valence-corrected chi connectivity index (χ0v) is 18.3. The number of guanidine groups is 1. The lowest BCUT2D eigenvalue weighted by atomic mass is 10.1. The fraction of sp³-hybridized carbons (Fsp3) is 0.500. The van der Waals surface area contributed by atoms with E-state index < -0.39 is 0 Å². The van der Waals surface area contributed by atoms with Crippen LogP contribution in [0.25, 0.3) is 0 Å². The van der Waals surface area contributed by atoms with Gasteiger partial charge in [-0.2, -0.15) is 5.10 Å². The van der Waals surface area contributed by atoms with E-state index in [2.05, 4.69) is 41.4 Å². The van der Waals surface area contributed by atoms with Crippen molar-refractivity contribution >= 4 is 17.6 Å². The van der Waals surface area contributed by atoms with Crippen LogP contribution in [0.1, 0.15) is 19.4 Å². The predicted molar refractivity (Wildman–Crippen MR) is 119 cm³/mol. The second kappa shape index (κ2) is 10.1. The summed E-state index contributed by atoms with van der Waals surface area (Å²) >= 11 is 0. The minimum absolute atomic E-state index is 0.0502. The van der Waals surface area contributed by atoms with Crippen molar-refractivity contribution in [2.45, 2.75) is 20.3 Å². The number of piperazine rings is 1. The number of ether oxygens (including phenoxy) is 1. The molecule has 0 spiro atoms. The standard InChI is InChI=1S/C22H32N6O2/c1-17(2)16-30-20-7-5-18(6-8-20)9-10-24-22(23-3)27-11-12-28(21(29)15-27)19-13-25-26(4)14-19/h5-8,13-14,17H,9-12,15-16H2,1-4H3,(H,23,24). The van der Waals surface area contributed by atoms with Gasteiger partial charge in [-0.3, -0.25) is 14.5 Å². The Morgan fingerprint density at radius 3 is 2.63 bits per heavy atom. The van der Waals surface area contributed by atoms with E-state index in [0.717, 1.165) is 43.5 Å². The van der Waals surface area contributed by atoms with Gasteiger partial charge in [0.1, 0.15) is 12.3 Å². The number of carbonyl (C=O) groups excluding carboxylic acids is 1. The number of anilines is 1. The number of carbonyl (C=O) groups is 1. The number of aliphatic imine (C=N–C) groups is 1. The van der Waals surface area contributed by atoms with Crippen LogP contribution in [0, 0.1) is 5.92 Å². The number of aromatic nitrogens is 2. The molecule has 2 heterocycles. The topological polar surface area (TPSA) is 75.0 Å². The summed E-state index contributed by atoms with van der Waals surface area (Å²) < 4.78 is 7.44. The van der Waals surface area contributed by atoms with Gasteiger partial charge >= 0.3 is 0 Å². The van der Waals surface area contributed by atoms with Gasteiger partial charge in [-0.15, -0.1) is 0 Å². The second-order valence-corrected chi connectivity index (χ2v) is 7.91. The van der Waals surface area contributed by atoms with Gasteiger partial charge in [0.25, 0.3) is 0 Å². The maximum absolute atomic E-state index is 12.6. The minimum atomic E-state index is 0.0502. The maximum Gasteiger partial charge on any atom is 0.246 e. The monoisotopic (exact) mass is 412 g/mol. The number of aryl methyl sites for hydroxylation is 1. The Bertz CT molecular complexity index is 859. The lowest BCUT2D eigenvalue weighted by Crippen LogP contribution is -2.55. The summed E-state index contributed by atoms with van der Waals surface area (Å²) in [6.45, 7) is 7.39. The molecule has 1 aliphatic heterocycles. The van der Waals surface area contributed by atoms with Crippen LogP contribution in [0.4, 0.5) is 5.69 Å². The van der Waals surface area contributed by atoms with Crippen molar-refractivity contribution in [2.75, 3.05) is 44.7 Å². The smallest absolute Gasteiger partial charge is 0.246 e. The first-order valence-corrected chi connectivity index (χ1v) is 10.4. The van der Waals surface area contributed by atoms with Gasteiger partial charge in [-0.05, 0) is 30.0 Å². The van der Waals surface area contributed by atoms with Crippen molar-refractivity contribution in [2.24, 2.45) is 18.0 Å². The minimum Gasteiger partial charge on any atom is -0.493 e. The van der Waals surface area contributed by atoms with Crippen LogP contribution in [-0.4, -0.2) is 66.4 Å². The Morgan fingerprint density at radius 2 is 2.03 bits per heavy atom. The van der Waals surface area contributed by atoms with Crippen LogP contribution in [0.2, 0.25) is 0 Å². The summed E-state index contributed by atoms with van der Waals surface area (Å²) in [6.07, 6.45) is 4.45. The van der Waals surface area contributed by atoms with Crippen LogP contribution in [0.5, 0.6) is 5.75 Å². The highest BCUT2D eigenvalue weighted by atomic mass is 16.5. The van der Waals surface area contributed by atoms with Crippen molar-refractivity contribution in [1.82, 2.24) is 20.0 Å². The molecule has 1 saturated heterocycles. The summed E-state index contributed by atoms with van der Waals surface area (Å²) in [7, 11) is 3.60. The van der Waals surface area contributed by atoms with E-state index >= 15 is 0 Å². The first-order valence-electron chi connectivity index (χ1n) is 10.4. The fourth-order valence-corrected chi connectivity index (χ4v) is 3.34. The van der Waals surface area contributed by atoms with Crippen LogP contribution in [0.15, 0.2) is 41.7 Å². The first-order chi connectivity index (χ1) is 14.5. The molecule has 8 heteroatoms. The van der Waals surface area contributed by atoms with E-state index in [1.165, 1.54) is 5.56 Å². The highest BCUT2D eigenvalue weighted by Gasteiger charge is 2.27. The molecule has 8 nitrogen and oxygen atoms in total. The van der Waals surface area contributed by atoms with Gasteiger partial charge in [-0.1, -0.05) is 26.0 Å². The Morgan fingerprint density at radius 1 is 1.27 bits per heavy atom. The molecule has 1 fully saturated rings. The molecule has 0 saturated carbocycles. The lowest BCUT2D eigenvalue weighted by Gasteiger charge is -2.35. The molecule has 162 valence electrons. The predicted octanol–water partition coefficient (Wildman–Crippen LogP) is 1.92. The zero-order chi connectivity index (χ0) is 21.5. The molecule has 30 heavy (non-hydrogen) atoms. The molecular weight excluding hydrogens is 380 g/mol. The Kier molecular flexibility index (Phi) is 7.32. The Balaban J connectivity index is 1.46. The normalized spacial score (nSPS) is 15.1. The number of nitrogens with one attached hydrogen (secondary N) is 1.